The molecule has 0 amide bonds. The second-order valence-electron chi connectivity index (χ2n) is 6.76. The van der Waals surface area contributed by atoms with E-state index in [1.807, 2.05) is 24.3 Å². The summed E-state index contributed by atoms with van der Waals surface area (Å²) >= 11 is 0. The lowest BCUT2D eigenvalue weighted by Crippen LogP contribution is -2.34. The van der Waals surface area contributed by atoms with E-state index >= 15 is 0 Å². The molecule has 1 N–H and O–H groups in total. The Morgan fingerprint density at radius 1 is 0.846 bits per heavy atom. The van der Waals surface area contributed by atoms with Crippen LogP contribution in [-0.2, 0) is 16.2 Å². The summed E-state index contributed by atoms with van der Waals surface area (Å²) in [5.74, 6) is 0. The molecular formula is C23H33NO2. The highest BCUT2D eigenvalue weighted by Crippen LogP contribution is 2.21. The molecule has 26 heavy (non-hydrogen) atoms. The van der Waals surface area contributed by atoms with Gasteiger partial charge in [0, 0.05) is 0 Å². The van der Waals surface area contributed by atoms with Crippen LogP contribution in [0.2, 0.25) is 0 Å². The maximum absolute atomic E-state index is 6.10. The van der Waals surface area contributed by atoms with Crippen LogP contribution in [-0.4, -0.2) is 12.6 Å². The van der Waals surface area contributed by atoms with E-state index in [0.717, 1.165) is 19.3 Å². The number of hydrogen-bond donors (Lipinski definition) is 1. The lowest BCUT2D eigenvalue weighted by atomic mass is 10.1. The van der Waals surface area contributed by atoms with Gasteiger partial charge in [0.15, 0.2) is 0 Å². The minimum Gasteiger partial charge on any atom is -0.375 e. The molecule has 0 spiro atoms. The first-order valence-electron chi connectivity index (χ1n) is 9.91. The molecule has 0 bridgehead atoms. The van der Waals surface area contributed by atoms with Crippen molar-refractivity contribution in [2.75, 3.05) is 6.61 Å². The summed E-state index contributed by atoms with van der Waals surface area (Å²) in [5.41, 5.74) is 5.73. The molecule has 2 aromatic rings. The van der Waals surface area contributed by atoms with Crippen molar-refractivity contribution in [1.82, 2.24) is 5.48 Å². The average Bonchev–Trinajstić information content (AvgIpc) is 2.70. The zero-order valence-corrected chi connectivity index (χ0v) is 16.2. The Bertz CT molecular complexity index is 573. The SMILES string of the molecule is CCCC[C@H](COCc1ccccc1)NO[C@H](CCC)c1ccccc1. The van der Waals surface area contributed by atoms with Gasteiger partial charge in [-0.3, -0.25) is 4.84 Å². The van der Waals surface area contributed by atoms with Crippen LogP contribution in [0.15, 0.2) is 60.7 Å². The largest absolute Gasteiger partial charge is 0.375 e. The number of ether oxygens (including phenoxy) is 1. The van der Waals surface area contributed by atoms with Crippen molar-refractivity contribution in [3.8, 4) is 0 Å². The number of unbranched alkanes of at least 4 members (excludes halogenated alkanes) is 1. The first-order chi connectivity index (χ1) is 12.8. The number of hydroxylamine groups is 1. The van der Waals surface area contributed by atoms with Gasteiger partial charge in [-0.15, -0.1) is 0 Å². The van der Waals surface area contributed by atoms with E-state index in [1.165, 1.54) is 24.0 Å². The quantitative estimate of drug-likeness (QED) is 0.459. The Kier molecular flexibility index (Phi) is 10.0. The zero-order valence-electron chi connectivity index (χ0n) is 16.2. The number of rotatable bonds is 13. The maximum atomic E-state index is 6.10. The van der Waals surface area contributed by atoms with Gasteiger partial charge in [-0.2, -0.15) is 5.48 Å². The summed E-state index contributed by atoms with van der Waals surface area (Å²) in [7, 11) is 0. The van der Waals surface area contributed by atoms with Gasteiger partial charge in [0.05, 0.1) is 19.3 Å². The lowest BCUT2D eigenvalue weighted by Gasteiger charge is -2.23. The third kappa shape index (κ3) is 7.69. The van der Waals surface area contributed by atoms with Crippen LogP contribution in [0.4, 0.5) is 0 Å². The Morgan fingerprint density at radius 2 is 1.54 bits per heavy atom. The van der Waals surface area contributed by atoms with Gasteiger partial charge < -0.3 is 4.74 Å². The lowest BCUT2D eigenvalue weighted by molar-refractivity contribution is -0.0679. The molecule has 3 heteroatoms. The van der Waals surface area contributed by atoms with Gasteiger partial charge >= 0.3 is 0 Å². The van der Waals surface area contributed by atoms with Crippen molar-refractivity contribution in [2.24, 2.45) is 0 Å². The molecule has 0 aromatic heterocycles. The van der Waals surface area contributed by atoms with Crippen molar-refractivity contribution in [3.63, 3.8) is 0 Å². The fourth-order valence-corrected chi connectivity index (χ4v) is 2.92. The molecule has 2 aromatic carbocycles. The molecule has 0 aliphatic carbocycles. The summed E-state index contributed by atoms with van der Waals surface area (Å²) in [5, 5.41) is 0. The van der Waals surface area contributed by atoms with Gasteiger partial charge in [-0.05, 0) is 24.0 Å². The number of benzene rings is 2. The fourth-order valence-electron chi connectivity index (χ4n) is 2.92. The van der Waals surface area contributed by atoms with Gasteiger partial charge in [-0.25, -0.2) is 0 Å². The predicted molar refractivity (Wildman–Crippen MR) is 108 cm³/mol. The molecule has 0 aliphatic heterocycles. The van der Waals surface area contributed by atoms with E-state index in [2.05, 4.69) is 55.7 Å². The van der Waals surface area contributed by atoms with Crippen LogP contribution in [0.25, 0.3) is 0 Å². The van der Waals surface area contributed by atoms with E-state index in [9.17, 15) is 0 Å². The van der Waals surface area contributed by atoms with Crippen molar-refractivity contribution < 1.29 is 9.57 Å². The fraction of sp³-hybridized carbons (Fsp3) is 0.478. The van der Waals surface area contributed by atoms with E-state index in [0.29, 0.717) is 13.2 Å². The molecule has 2 atom stereocenters. The van der Waals surface area contributed by atoms with Crippen molar-refractivity contribution in [3.05, 3.63) is 71.8 Å². The van der Waals surface area contributed by atoms with Gasteiger partial charge in [0.25, 0.3) is 0 Å². The van der Waals surface area contributed by atoms with Crippen LogP contribution >= 0.6 is 0 Å². The van der Waals surface area contributed by atoms with E-state index < -0.39 is 0 Å². The first kappa shape index (κ1) is 20.6. The Morgan fingerprint density at radius 3 is 2.19 bits per heavy atom. The topological polar surface area (TPSA) is 30.5 Å². The summed E-state index contributed by atoms with van der Waals surface area (Å²) in [6, 6.07) is 21.0. The van der Waals surface area contributed by atoms with Crippen LogP contribution in [0, 0.1) is 0 Å². The minimum atomic E-state index is 0.0828. The van der Waals surface area contributed by atoms with Crippen LogP contribution in [0.5, 0.6) is 0 Å². The van der Waals surface area contributed by atoms with E-state index in [4.69, 9.17) is 9.57 Å². The molecule has 0 heterocycles. The number of nitrogens with one attached hydrogen (secondary N) is 1. The molecule has 0 unspecified atom stereocenters. The molecule has 0 saturated carbocycles. The van der Waals surface area contributed by atoms with Crippen molar-refractivity contribution >= 4 is 0 Å². The third-order valence-corrected chi connectivity index (χ3v) is 4.44. The minimum absolute atomic E-state index is 0.0828. The molecule has 0 fully saturated rings. The molecule has 0 radical (unpaired) electrons. The molecule has 0 saturated heterocycles. The summed E-state index contributed by atoms with van der Waals surface area (Å²) in [6.45, 7) is 5.70. The van der Waals surface area contributed by atoms with Crippen molar-refractivity contribution in [2.45, 2.75) is 64.7 Å². The second-order valence-corrected chi connectivity index (χ2v) is 6.76. The number of hydrogen-bond acceptors (Lipinski definition) is 3. The van der Waals surface area contributed by atoms with Crippen LogP contribution in [0.1, 0.15) is 63.2 Å². The zero-order chi connectivity index (χ0) is 18.5. The molecule has 3 nitrogen and oxygen atoms in total. The van der Waals surface area contributed by atoms with Crippen LogP contribution < -0.4 is 5.48 Å². The highest BCUT2D eigenvalue weighted by Gasteiger charge is 2.15. The van der Waals surface area contributed by atoms with Crippen LogP contribution in [0.3, 0.4) is 0 Å². The van der Waals surface area contributed by atoms with Gasteiger partial charge in [0.2, 0.25) is 0 Å². The normalized spacial score (nSPS) is 13.5. The molecule has 2 rings (SSSR count). The van der Waals surface area contributed by atoms with Crippen molar-refractivity contribution in [1.29, 1.82) is 0 Å². The smallest absolute Gasteiger partial charge is 0.104 e. The highest BCUT2D eigenvalue weighted by molar-refractivity contribution is 5.17. The van der Waals surface area contributed by atoms with Gasteiger partial charge in [0.1, 0.15) is 6.10 Å². The Labute approximate surface area is 158 Å². The first-order valence-corrected chi connectivity index (χ1v) is 9.91. The van der Waals surface area contributed by atoms with E-state index in [1.54, 1.807) is 0 Å². The average molecular weight is 356 g/mol. The maximum Gasteiger partial charge on any atom is 0.104 e. The van der Waals surface area contributed by atoms with E-state index in [-0.39, 0.29) is 12.1 Å². The predicted octanol–water partition coefficient (Wildman–Crippen LogP) is 5.82. The summed E-state index contributed by atoms with van der Waals surface area (Å²) in [4.78, 5) is 6.10. The third-order valence-electron chi connectivity index (χ3n) is 4.44. The Balaban J connectivity index is 1.84. The molecular weight excluding hydrogens is 322 g/mol. The Hall–Kier alpha value is -1.68. The highest BCUT2D eigenvalue weighted by atomic mass is 16.7. The molecule has 142 valence electrons. The monoisotopic (exact) mass is 355 g/mol. The van der Waals surface area contributed by atoms with Gasteiger partial charge in [-0.1, -0.05) is 93.8 Å². The summed E-state index contributed by atoms with van der Waals surface area (Å²) < 4.78 is 5.93. The molecule has 0 aliphatic rings. The summed E-state index contributed by atoms with van der Waals surface area (Å²) in [6.07, 6.45) is 5.57. The second kappa shape index (κ2) is 12.6. The standard InChI is InChI=1S/C23H33NO2/c1-3-5-17-22(19-25-18-20-13-8-6-9-14-20)24-26-23(12-4-2)21-15-10-7-11-16-21/h6-11,13-16,22-24H,3-5,12,17-19H2,1-2H3/t22-,23-/m1/s1.